The van der Waals surface area contributed by atoms with E-state index in [0.29, 0.717) is 19.6 Å². The van der Waals surface area contributed by atoms with E-state index in [1.165, 1.54) is 0 Å². The molecule has 6 atom stereocenters. The van der Waals surface area contributed by atoms with Gasteiger partial charge in [-0.3, -0.25) is 14.4 Å². The van der Waals surface area contributed by atoms with E-state index < -0.39 is 28.7 Å². The zero-order valence-electron chi connectivity index (χ0n) is 18.8. The number of benzene rings is 1. The minimum Gasteiger partial charge on any atom is -0.394 e. The molecule has 1 N–H and O–H groups in total. The summed E-state index contributed by atoms with van der Waals surface area (Å²) in [5, 5.41) is 9.80. The van der Waals surface area contributed by atoms with Gasteiger partial charge in [-0.25, -0.2) is 0 Å². The van der Waals surface area contributed by atoms with Crippen molar-refractivity contribution in [3.8, 4) is 0 Å². The molecular formula is C25H29N3O4S. The molecule has 174 valence electrons. The van der Waals surface area contributed by atoms with Crippen LogP contribution in [0.5, 0.6) is 0 Å². The molecule has 1 spiro atoms. The SMILES string of the molecule is C[C@H](CO)N1C(=O)[C@@H]2[C@@H]3C(=O)N(C)CC=C[C@@H]3S[C@@]23C=CCN(Cc2ccccc2)C(=O)C13. The standard InChI is InChI=1S/C25H29N3O4S/c1-16(15-29)28-21-24(32)27(14-17-8-4-3-5-9-17)13-7-11-25(21)20(23(28)31)19-18(33-25)10-6-12-26(2)22(19)30/h3-11,16,18-21,29H,12-15H2,1-2H3/t16-,18+,19-,20+,21?,25+/m1/s1. The van der Waals surface area contributed by atoms with Crippen LogP contribution >= 0.6 is 11.8 Å². The number of nitrogens with zero attached hydrogens (tertiary/aromatic N) is 3. The number of likely N-dealkylation sites (N-methyl/N-ethyl adjacent to an activating group) is 1. The van der Waals surface area contributed by atoms with Crippen LogP contribution in [0.2, 0.25) is 0 Å². The zero-order valence-corrected chi connectivity index (χ0v) is 19.6. The third-order valence-electron chi connectivity index (χ3n) is 7.34. The van der Waals surface area contributed by atoms with E-state index in [0.717, 1.165) is 5.56 Å². The molecule has 0 aromatic heterocycles. The summed E-state index contributed by atoms with van der Waals surface area (Å²) in [4.78, 5) is 46.3. The van der Waals surface area contributed by atoms with Crippen molar-refractivity contribution < 1.29 is 19.5 Å². The Morgan fingerprint density at radius 1 is 1.09 bits per heavy atom. The van der Waals surface area contributed by atoms with Gasteiger partial charge < -0.3 is 19.8 Å². The molecule has 33 heavy (non-hydrogen) atoms. The number of likely N-dealkylation sites (tertiary alicyclic amines) is 1. The third-order valence-corrected chi connectivity index (χ3v) is 9.08. The van der Waals surface area contributed by atoms with E-state index in [9.17, 15) is 19.5 Å². The second kappa shape index (κ2) is 8.33. The summed E-state index contributed by atoms with van der Waals surface area (Å²) in [6.45, 7) is 2.91. The Bertz CT molecular complexity index is 1030. The summed E-state index contributed by atoms with van der Waals surface area (Å²) in [7, 11) is 1.76. The van der Waals surface area contributed by atoms with Crippen LogP contribution in [0.4, 0.5) is 0 Å². The number of hydrogen-bond donors (Lipinski definition) is 1. The molecular weight excluding hydrogens is 438 g/mol. The van der Waals surface area contributed by atoms with Crippen molar-refractivity contribution in [3.63, 3.8) is 0 Å². The predicted octanol–water partition coefficient (Wildman–Crippen LogP) is 1.29. The van der Waals surface area contributed by atoms with Crippen molar-refractivity contribution in [2.75, 3.05) is 26.7 Å². The lowest BCUT2D eigenvalue weighted by molar-refractivity contribution is -0.146. The van der Waals surface area contributed by atoms with Crippen molar-refractivity contribution in [1.82, 2.24) is 14.7 Å². The number of carbonyl (C=O) groups excluding carboxylic acids is 3. The van der Waals surface area contributed by atoms with E-state index in [1.807, 2.05) is 54.6 Å². The largest absolute Gasteiger partial charge is 0.394 e. The van der Waals surface area contributed by atoms with Crippen LogP contribution in [0.3, 0.4) is 0 Å². The van der Waals surface area contributed by atoms with Gasteiger partial charge in [-0.05, 0) is 12.5 Å². The summed E-state index contributed by atoms with van der Waals surface area (Å²) in [5.74, 6) is -1.56. The van der Waals surface area contributed by atoms with E-state index in [1.54, 1.807) is 40.4 Å². The van der Waals surface area contributed by atoms with Crippen LogP contribution in [0.25, 0.3) is 0 Å². The Balaban J connectivity index is 1.59. The average Bonchev–Trinajstić information content (AvgIpc) is 3.16. The van der Waals surface area contributed by atoms with Gasteiger partial charge in [-0.2, -0.15) is 0 Å². The number of amides is 3. The molecule has 7 nitrogen and oxygen atoms in total. The van der Waals surface area contributed by atoms with Gasteiger partial charge in [0.2, 0.25) is 17.7 Å². The maximum absolute atomic E-state index is 14.0. The van der Waals surface area contributed by atoms with Crippen molar-refractivity contribution in [2.45, 2.75) is 35.5 Å². The van der Waals surface area contributed by atoms with Gasteiger partial charge in [0, 0.05) is 31.9 Å². The summed E-state index contributed by atoms with van der Waals surface area (Å²) >= 11 is 1.56. The lowest BCUT2D eigenvalue weighted by Gasteiger charge is -2.37. The lowest BCUT2D eigenvalue weighted by Crippen LogP contribution is -2.55. The second-order valence-corrected chi connectivity index (χ2v) is 10.9. The minimum atomic E-state index is -0.837. The highest BCUT2D eigenvalue weighted by Crippen LogP contribution is 2.61. The normalized spacial score (nSPS) is 34.2. The molecule has 4 aliphatic rings. The topological polar surface area (TPSA) is 81.2 Å². The van der Waals surface area contributed by atoms with Crippen LogP contribution in [-0.4, -0.2) is 86.4 Å². The van der Waals surface area contributed by atoms with Gasteiger partial charge in [-0.15, -0.1) is 11.8 Å². The van der Waals surface area contributed by atoms with E-state index in [4.69, 9.17) is 0 Å². The third kappa shape index (κ3) is 3.34. The van der Waals surface area contributed by atoms with E-state index in [2.05, 4.69) is 0 Å². The average molecular weight is 468 g/mol. The van der Waals surface area contributed by atoms with Crippen LogP contribution in [0.1, 0.15) is 12.5 Å². The smallest absolute Gasteiger partial charge is 0.247 e. The zero-order chi connectivity index (χ0) is 23.3. The Hall–Kier alpha value is -2.58. The van der Waals surface area contributed by atoms with Crippen molar-refractivity contribution in [1.29, 1.82) is 0 Å². The van der Waals surface area contributed by atoms with Crippen molar-refractivity contribution >= 4 is 29.5 Å². The van der Waals surface area contributed by atoms with Crippen LogP contribution in [0, 0.1) is 11.8 Å². The first-order valence-corrected chi connectivity index (χ1v) is 12.3. The van der Waals surface area contributed by atoms with Gasteiger partial charge in [0.15, 0.2) is 0 Å². The summed E-state index contributed by atoms with van der Waals surface area (Å²) in [5.41, 5.74) is 1.02. The molecule has 0 bridgehead atoms. The predicted molar refractivity (Wildman–Crippen MR) is 126 cm³/mol. The Kier molecular flexibility index (Phi) is 5.61. The molecule has 5 rings (SSSR count). The first kappa shape index (κ1) is 22.2. The number of aliphatic hydroxyl groups excluding tert-OH is 1. The highest BCUT2D eigenvalue weighted by Gasteiger charge is 2.71. The molecule has 8 heteroatoms. The molecule has 2 saturated heterocycles. The van der Waals surface area contributed by atoms with Crippen molar-refractivity contribution in [2.24, 2.45) is 11.8 Å². The van der Waals surface area contributed by atoms with Gasteiger partial charge in [0.05, 0.1) is 29.2 Å². The van der Waals surface area contributed by atoms with Gasteiger partial charge in [0.1, 0.15) is 6.04 Å². The molecule has 0 saturated carbocycles. The fourth-order valence-corrected chi connectivity index (χ4v) is 7.75. The van der Waals surface area contributed by atoms with Crippen LogP contribution in [-0.2, 0) is 20.9 Å². The molecule has 1 aromatic carbocycles. The minimum absolute atomic E-state index is 0.0591. The first-order chi connectivity index (χ1) is 15.9. The number of carbonyl (C=O) groups is 3. The van der Waals surface area contributed by atoms with Gasteiger partial charge in [0.25, 0.3) is 0 Å². The Morgan fingerprint density at radius 3 is 2.58 bits per heavy atom. The summed E-state index contributed by atoms with van der Waals surface area (Å²) in [6, 6.07) is 8.51. The fraction of sp³-hybridized carbons (Fsp3) is 0.480. The first-order valence-electron chi connectivity index (χ1n) is 11.4. The highest BCUT2D eigenvalue weighted by atomic mass is 32.2. The number of rotatable bonds is 4. The maximum atomic E-state index is 14.0. The van der Waals surface area contributed by atoms with Gasteiger partial charge >= 0.3 is 0 Å². The molecule has 1 aromatic rings. The summed E-state index contributed by atoms with van der Waals surface area (Å²) < 4.78 is -0.837. The van der Waals surface area contributed by atoms with E-state index >= 15 is 0 Å². The number of aliphatic hydroxyl groups is 1. The summed E-state index contributed by atoms with van der Waals surface area (Å²) in [6.07, 6.45) is 7.99. The van der Waals surface area contributed by atoms with Crippen LogP contribution < -0.4 is 0 Å². The maximum Gasteiger partial charge on any atom is 0.247 e. The van der Waals surface area contributed by atoms with E-state index in [-0.39, 0.29) is 29.6 Å². The van der Waals surface area contributed by atoms with Crippen molar-refractivity contribution in [3.05, 3.63) is 60.2 Å². The molecule has 0 aliphatic carbocycles. The number of fused-ring (bicyclic) bond motifs is 2. The quantitative estimate of drug-likeness (QED) is 0.675. The highest BCUT2D eigenvalue weighted by molar-refractivity contribution is 8.02. The molecule has 4 aliphatic heterocycles. The Morgan fingerprint density at radius 2 is 1.85 bits per heavy atom. The van der Waals surface area contributed by atoms with Crippen LogP contribution in [0.15, 0.2) is 54.6 Å². The number of thioether (sulfide) groups is 1. The molecule has 1 unspecified atom stereocenters. The molecule has 3 amide bonds. The molecule has 4 heterocycles. The van der Waals surface area contributed by atoms with Gasteiger partial charge in [-0.1, -0.05) is 54.6 Å². The second-order valence-electron chi connectivity index (χ2n) is 9.37. The fourth-order valence-electron chi connectivity index (χ4n) is 5.76. The number of hydrogen-bond acceptors (Lipinski definition) is 5. The molecule has 0 radical (unpaired) electrons. The Labute approximate surface area is 198 Å². The monoisotopic (exact) mass is 467 g/mol. The lowest BCUT2D eigenvalue weighted by atomic mass is 9.78. The molecule has 2 fully saturated rings.